The van der Waals surface area contributed by atoms with Crippen molar-refractivity contribution in [2.24, 2.45) is 0 Å². The van der Waals surface area contributed by atoms with Gasteiger partial charge in [-0.2, -0.15) is 0 Å². The highest BCUT2D eigenvalue weighted by Gasteiger charge is 2.08. The molecule has 1 atom stereocenters. The molecule has 2 rings (SSSR count). The third-order valence-corrected chi connectivity index (χ3v) is 3.93. The second-order valence-electron chi connectivity index (χ2n) is 4.07. The smallest absolute Gasteiger partial charge is 0.118 e. The molecule has 18 heavy (non-hydrogen) atoms. The topological polar surface area (TPSA) is 9.23 Å². The van der Waals surface area contributed by atoms with Gasteiger partial charge in [0.15, 0.2) is 0 Å². The van der Waals surface area contributed by atoms with E-state index in [2.05, 4.69) is 59.0 Å². The van der Waals surface area contributed by atoms with E-state index in [0.29, 0.717) is 0 Å². The van der Waals surface area contributed by atoms with Gasteiger partial charge in [0.1, 0.15) is 5.75 Å². The first kappa shape index (κ1) is 13.7. The van der Waals surface area contributed by atoms with E-state index in [0.717, 1.165) is 17.7 Å². The van der Waals surface area contributed by atoms with E-state index in [9.17, 15) is 0 Å². The maximum Gasteiger partial charge on any atom is 0.118 e. The lowest BCUT2D eigenvalue weighted by molar-refractivity contribution is 0.414. The summed E-state index contributed by atoms with van der Waals surface area (Å²) in [5.74, 6) is 0.874. The molecule has 94 valence electrons. The summed E-state index contributed by atoms with van der Waals surface area (Å²) in [6.07, 6.45) is 0.826. The largest absolute Gasteiger partial charge is 0.497 e. The van der Waals surface area contributed by atoms with Crippen molar-refractivity contribution in [3.05, 3.63) is 63.2 Å². The van der Waals surface area contributed by atoms with Crippen molar-refractivity contribution >= 4 is 34.2 Å². The second-order valence-corrected chi connectivity index (χ2v) is 5.84. The number of hydrogen-bond acceptors (Lipinski definition) is 1. The predicted octanol–water partition coefficient (Wildman–Crippen LogP) is 4.82. The Morgan fingerprint density at radius 1 is 1.06 bits per heavy atom. The van der Waals surface area contributed by atoms with Crippen LogP contribution in [0.2, 0.25) is 0 Å². The summed E-state index contributed by atoms with van der Waals surface area (Å²) in [5, 5.41) is 0.00962. The molecule has 1 nitrogen and oxygen atoms in total. The van der Waals surface area contributed by atoms with Gasteiger partial charge in [-0.25, -0.2) is 0 Å². The van der Waals surface area contributed by atoms with E-state index in [1.54, 1.807) is 7.11 Å². The van der Waals surface area contributed by atoms with Gasteiger partial charge in [-0.1, -0.05) is 24.3 Å². The first-order valence-electron chi connectivity index (χ1n) is 5.71. The predicted molar refractivity (Wildman–Crippen MR) is 84.5 cm³/mol. The van der Waals surface area contributed by atoms with Crippen molar-refractivity contribution in [2.45, 2.75) is 11.8 Å². The first-order chi connectivity index (χ1) is 8.69. The number of methoxy groups -OCH3 is 1. The summed E-state index contributed by atoms with van der Waals surface area (Å²) >= 11 is 8.73. The normalized spacial score (nSPS) is 12.2. The van der Waals surface area contributed by atoms with E-state index in [1.165, 1.54) is 9.13 Å². The Labute approximate surface area is 126 Å². The quantitative estimate of drug-likeness (QED) is 0.552. The van der Waals surface area contributed by atoms with Gasteiger partial charge in [0, 0.05) is 3.57 Å². The number of halogens is 2. The maximum absolute atomic E-state index is 6.43. The Hall–Kier alpha value is -0.740. The van der Waals surface area contributed by atoms with E-state index < -0.39 is 0 Å². The molecule has 0 spiro atoms. The summed E-state index contributed by atoms with van der Waals surface area (Å²) in [5.41, 5.74) is 2.38. The van der Waals surface area contributed by atoms with Crippen LogP contribution in [0.5, 0.6) is 5.75 Å². The Bertz CT molecular complexity index is 493. The summed E-state index contributed by atoms with van der Waals surface area (Å²) in [7, 11) is 1.67. The molecule has 0 bridgehead atoms. The standard InChI is InChI=1S/C15H14ClIO/c1-18-14-8-2-11(3-9-14)10-15(16)12-4-6-13(17)7-5-12/h2-9,15H,10H2,1H3. The zero-order chi connectivity index (χ0) is 13.0. The minimum absolute atomic E-state index is 0.00962. The molecule has 3 heteroatoms. The molecular formula is C15H14ClIO. The number of hydrogen-bond donors (Lipinski definition) is 0. The Kier molecular flexibility index (Phi) is 4.89. The molecule has 2 aromatic rings. The fourth-order valence-corrected chi connectivity index (χ4v) is 2.44. The number of alkyl halides is 1. The average Bonchev–Trinajstić information content (AvgIpc) is 2.40. The van der Waals surface area contributed by atoms with Crippen LogP contribution in [-0.2, 0) is 6.42 Å². The molecule has 0 N–H and O–H groups in total. The van der Waals surface area contributed by atoms with Crippen LogP contribution in [0, 0.1) is 3.57 Å². The summed E-state index contributed by atoms with van der Waals surface area (Å²) in [6.45, 7) is 0. The van der Waals surface area contributed by atoms with Crippen molar-refractivity contribution in [3.63, 3.8) is 0 Å². The first-order valence-corrected chi connectivity index (χ1v) is 7.23. The highest BCUT2D eigenvalue weighted by Crippen LogP contribution is 2.26. The third kappa shape index (κ3) is 3.62. The molecule has 0 aliphatic heterocycles. The van der Waals surface area contributed by atoms with E-state index in [4.69, 9.17) is 16.3 Å². The molecule has 0 aliphatic carbocycles. The van der Waals surface area contributed by atoms with Crippen molar-refractivity contribution in [1.82, 2.24) is 0 Å². The monoisotopic (exact) mass is 372 g/mol. The van der Waals surface area contributed by atoms with Gasteiger partial charge in [0.05, 0.1) is 12.5 Å². The summed E-state index contributed by atoms with van der Waals surface area (Å²) in [6, 6.07) is 16.4. The number of rotatable bonds is 4. The van der Waals surface area contributed by atoms with Crippen LogP contribution in [0.1, 0.15) is 16.5 Å². The van der Waals surface area contributed by atoms with Crippen LogP contribution in [0.25, 0.3) is 0 Å². The number of benzene rings is 2. The van der Waals surface area contributed by atoms with Crippen LogP contribution in [0.4, 0.5) is 0 Å². The summed E-state index contributed by atoms with van der Waals surface area (Å²) in [4.78, 5) is 0. The fraction of sp³-hybridized carbons (Fsp3) is 0.200. The lowest BCUT2D eigenvalue weighted by Gasteiger charge is -2.10. The molecular weight excluding hydrogens is 359 g/mol. The molecule has 0 fully saturated rings. The van der Waals surface area contributed by atoms with Crippen LogP contribution in [0.3, 0.4) is 0 Å². The summed E-state index contributed by atoms with van der Waals surface area (Å²) < 4.78 is 6.36. The van der Waals surface area contributed by atoms with Crippen molar-refractivity contribution in [2.75, 3.05) is 7.11 Å². The van der Waals surface area contributed by atoms with Crippen LogP contribution in [-0.4, -0.2) is 7.11 Å². The Morgan fingerprint density at radius 3 is 2.22 bits per heavy atom. The third-order valence-electron chi connectivity index (χ3n) is 2.81. The average molecular weight is 373 g/mol. The lowest BCUT2D eigenvalue weighted by atomic mass is 10.0. The zero-order valence-electron chi connectivity index (χ0n) is 10.1. The van der Waals surface area contributed by atoms with Gasteiger partial charge in [0.2, 0.25) is 0 Å². The molecule has 0 heterocycles. The van der Waals surface area contributed by atoms with Gasteiger partial charge in [-0.05, 0) is 64.4 Å². The SMILES string of the molecule is COc1ccc(CC(Cl)c2ccc(I)cc2)cc1. The van der Waals surface area contributed by atoms with Crippen LogP contribution in [0.15, 0.2) is 48.5 Å². The molecule has 0 aliphatic rings. The Balaban J connectivity index is 2.05. The van der Waals surface area contributed by atoms with Gasteiger partial charge in [0.25, 0.3) is 0 Å². The molecule has 2 aromatic carbocycles. The lowest BCUT2D eigenvalue weighted by Crippen LogP contribution is -1.96. The van der Waals surface area contributed by atoms with Gasteiger partial charge < -0.3 is 4.74 Å². The molecule has 0 amide bonds. The molecule has 0 radical (unpaired) electrons. The highest BCUT2D eigenvalue weighted by molar-refractivity contribution is 14.1. The molecule has 1 unspecified atom stereocenters. The highest BCUT2D eigenvalue weighted by atomic mass is 127. The van der Waals surface area contributed by atoms with E-state index in [-0.39, 0.29) is 5.38 Å². The maximum atomic E-state index is 6.43. The van der Waals surface area contributed by atoms with Crippen molar-refractivity contribution in [1.29, 1.82) is 0 Å². The second kappa shape index (κ2) is 6.43. The van der Waals surface area contributed by atoms with Gasteiger partial charge >= 0.3 is 0 Å². The minimum atomic E-state index is 0.00962. The van der Waals surface area contributed by atoms with E-state index in [1.807, 2.05) is 12.1 Å². The minimum Gasteiger partial charge on any atom is -0.497 e. The van der Waals surface area contributed by atoms with Crippen molar-refractivity contribution < 1.29 is 4.74 Å². The fourth-order valence-electron chi connectivity index (χ4n) is 1.76. The van der Waals surface area contributed by atoms with Crippen LogP contribution < -0.4 is 4.74 Å². The number of ether oxygens (including phenoxy) is 1. The van der Waals surface area contributed by atoms with E-state index >= 15 is 0 Å². The molecule has 0 saturated carbocycles. The van der Waals surface area contributed by atoms with Crippen molar-refractivity contribution in [3.8, 4) is 5.75 Å². The molecule has 0 aromatic heterocycles. The Morgan fingerprint density at radius 2 is 1.67 bits per heavy atom. The van der Waals surface area contributed by atoms with Crippen LogP contribution >= 0.6 is 34.2 Å². The molecule has 0 saturated heterocycles. The van der Waals surface area contributed by atoms with Gasteiger partial charge in [-0.15, -0.1) is 11.6 Å². The van der Waals surface area contributed by atoms with Gasteiger partial charge in [-0.3, -0.25) is 0 Å². The zero-order valence-corrected chi connectivity index (χ0v) is 13.0.